The molecular weight excluding hydrogens is 232 g/mol. The van der Waals surface area contributed by atoms with Crippen molar-refractivity contribution in [3.8, 4) is 0 Å². The topological polar surface area (TPSA) is 29.3 Å². The van der Waals surface area contributed by atoms with Crippen LogP contribution in [0.25, 0.3) is 0 Å². The van der Waals surface area contributed by atoms with Crippen molar-refractivity contribution in [1.82, 2.24) is 4.90 Å². The first-order valence-electron chi connectivity index (χ1n) is 7.64. The maximum atomic E-state index is 6.16. The number of rotatable bonds is 4. The minimum absolute atomic E-state index is 0.221. The Hall–Kier alpha value is -0.860. The van der Waals surface area contributed by atoms with Gasteiger partial charge in [0.2, 0.25) is 0 Å². The Balaban J connectivity index is 2.12. The Morgan fingerprint density at radius 3 is 2.32 bits per heavy atom. The van der Waals surface area contributed by atoms with Crippen molar-refractivity contribution in [2.75, 3.05) is 13.6 Å². The van der Waals surface area contributed by atoms with Crippen molar-refractivity contribution in [2.45, 2.75) is 57.5 Å². The highest BCUT2D eigenvalue weighted by Crippen LogP contribution is 2.32. The first-order chi connectivity index (χ1) is 9.18. The summed E-state index contributed by atoms with van der Waals surface area (Å²) in [5.41, 5.74) is 9.20. The molecule has 2 N–H and O–H groups in total. The van der Waals surface area contributed by atoms with Crippen LogP contribution in [-0.4, -0.2) is 24.0 Å². The Morgan fingerprint density at radius 2 is 1.74 bits per heavy atom. The number of nitrogens with zero attached hydrogens (tertiary/aromatic N) is 1. The van der Waals surface area contributed by atoms with Gasteiger partial charge in [-0.05, 0) is 37.9 Å². The van der Waals surface area contributed by atoms with Gasteiger partial charge in [-0.15, -0.1) is 0 Å². The average Bonchev–Trinajstić information content (AvgIpc) is 2.67. The van der Waals surface area contributed by atoms with Gasteiger partial charge in [0.1, 0.15) is 0 Å². The van der Waals surface area contributed by atoms with Crippen molar-refractivity contribution in [2.24, 2.45) is 5.73 Å². The number of likely N-dealkylation sites (N-methyl/N-ethyl adjacent to an activating group) is 1. The van der Waals surface area contributed by atoms with Crippen LogP contribution >= 0.6 is 0 Å². The van der Waals surface area contributed by atoms with Gasteiger partial charge in [0.15, 0.2) is 0 Å². The average molecular weight is 260 g/mol. The zero-order chi connectivity index (χ0) is 13.7. The molecule has 1 aromatic rings. The second-order valence-corrected chi connectivity index (χ2v) is 6.13. The number of benzene rings is 1. The zero-order valence-corrected chi connectivity index (χ0v) is 12.5. The van der Waals surface area contributed by atoms with E-state index < -0.39 is 0 Å². The summed E-state index contributed by atoms with van der Waals surface area (Å²) in [4.78, 5) is 2.51. The lowest BCUT2D eigenvalue weighted by Gasteiger charge is -2.41. The third kappa shape index (κ3) is 3.37. The highest BCUT2D eigenvalue weighted by atomic mass is 15.2. The molecule has 0 atom stereocenters. The highest BCUT2D eigenvalue weighted by Gasteiger charge is 2.33. The van der Waals surface area contributed by atoms with Gasteiger partial charge in [-0.25, -0.2) is 0 Å². The molecule has 0 heterocycles. The molecule has 0 bridgehead atoms. The number of aryl methyl sites for hydroxylation is 1. The van der Waals surface area contributed by atoms with Crippen LogP contribution in [0.1, 0.15) is 49.7 Å². The molecule has 1 aliphatic rings. The predicted molar refractivity (Wildman–Crippen MR) is 82.1 cm³/mol. The van der Waals surface area contributed by atoms with Crippen LogP contribution in [0.4, 0.5) is 0 Å². The van der Waals surface area contributed by atoms with E-state index in [1.165, 1.54) is 49.7 Å². The van der Waals surface area contributed by atoms with Gasteiger partial charge < -0.3 is 5.73 Å². The predicted octanol–water partition coefficient (Wildman–Crippen LogP) is 3.48. The van der Waals surface area contributed by atoms with Crippen molar-refractivity contribution >= 4 is 0 Å². The minimum Gasteiger partial charge on any atom is -0.329 e. The van der Waals surface area contributed by atoms with Gasteiger partial charge in [-0.1, -0.05) is 49.9 Å². The molecule has 1 aliphatic carbocycles. The third-order valence-corrected chi connectivity index (χ3v) is 4.89. The number of nitrogens with two attached hydrogens (primary N) is 1. The zero-order valence-electron chi connectivity index (χ0n) is 12.5. The summed E-state index contributed by atoms with van der Waals surface area (Å²) >= 11 is 0. The second kappa shape index (κ2) is 6.53. The fourth-order valence-electron chi connectivity index (χ4n) is 3.34. The van der Waals surface area contributed by atoms with Crippen LogP contribution in [0.15, 0.2) is 24.3 Å². The van der Waals surface area contributed by atoms with Gasteiger partial charge in [0.25, 0.3) is 0 Å². The van der Waals surface area contributed by atoms with Crippen LogP contribution in [0.5, 0.6) is 0 Å². The first kappa shape index (κ1) is 14.5. The lowest BCUT2D eigenvalue weighted by atomic mass is 9.88. The third-order valence-electron chi connectivity index (χ3n) is 4.89. The lowest BCUT2D eigenvalue weighted by Crippen LogP contribution is -2.51. The fourth-order valence-corrected chi connectivity index (χ4v) is 3.34. The Bertz CT molecular complexity index is 392. The normalized spacial score (nSPS) is 19.4. The molecule has 0 unspecified atom stereocenters. The first-order valence-corrected chi connectivity index (χ1v) is 7.64. The molecule has 0 saturated heterocycles. The molecule has 1 saturated carbocycles. The minimum atomic E-state index is 0.221. The standard InChI is InChI=1S/C17H28N2/c1-15-9-5-6-10-16(15)13-19(2)17(14-18)11-7-3-4-8-12-17/h5-6,9-10H,3-4,7-8,11-14,18H2,1-2H3. The van der Waals surface area contributed by atoms with E-state index in [2.05, 4.69) is 43.1 Å². The summed E-state index contributed by atoms with van der Waals surface area (Å²) in [7, 11) is 2.25. The van der Waals surface area contributed by atoms with E-state index in [0.29, 0.717) is 0 Å². The largest absolute Gasteiger partial charge is 0.329 e. The summed E-state index contributed by atoms with van der Waals surface area (Å²) in [5.74, 6) is 0. The quantitative estimate of drug-likeness (QED) is 0.840. The molecule has 19 heavy (non-hydrogen) atoms. The summed E-state index contributed by atoms with van der Waals surface area (Å²) in [6, 6.07) is 8.69. The lowest BCUT2D eigenvalue weighted by molar-refractivity contribution is 0.0995. The molecule has 1 fully saturated rings. The van der Waals surface area contributed by atoms with Crippen LogP contribution in [0, 0.1) is 6.92 Å². The van der Waals surface area contributed by atoms with Crippen LogP contribution in [0.3, 0.4) is 0 Å². The molecule has 2 nitrogen and oxygen atoms in total. The van der Waals surface area contributed by atoms with Crippen molar-refractivity contribution in [3.63, 3.8) is 0 Å². The summed E-state index contributed by atoms with van der Waals surface area (Å²) in [5, 5.41) is 0. The summed E-state index contributed by atoms with van der Waals surface area (Å²) < 4.78 is 0. The van der Waals surface area contributed by atoms with Gasteiger partial charge in [0.05, 0.1) is 0 Å². The Kier molecular flexibility index (Phi) is 5.00. The maximum absolute atomic E-state index is 6.16. The second-order valence-electron chi connectivity index (χ2n) is 6.13. The van der Waals surface area contributed by atoms with Crippen LogP contribution < -0.4 is 5.73 Å². The molecule has 2 heteroatoms. The van der Waals surface area contributed by atoms with Gasteiger partial charge >= 0.3 is 0 Å². The molecule has 2 rings (SSSR count). The molecule has 0 radical (unpaired) electrons. The molecule has 0 amide bonds. The van der Waals surface area contributed by atoms with Gasteiger partial charge in [-0.3, -0.25) is 4.90 Å². The van der Waals surface area contributed by atoms with E-state index in [1.807, 2.05) is 0 Å². The number of hydrogen-bond donors (Lipinski definition) is 1. The van der Waals surface area contributed by atoms with Crippen molar-refractivity contribution < 1.29 is 0 Å². The van der Waals surface area contributed by atoms with E-state index in [-0.39, 0.29) is 5.54 Å². The smallest absolute Gasteiger partial charge is 0.0332 e. The van der Waals surface area contributed by atoms with E-state index in [1.54, 1.807) is 0 Å². The fraction of sp³-hybridized carbons (Fsp3) is 0.647. The van der Waals surface area contributed by atoms with Crippen molar-refractivity contribution in [3.05, 3.63) is 35.4 Å². The molecule has 0 spiro atoms. The number of hydrogen-bond acceptors (Lipinski definition) is 2. The van der Waals surface area contributed by atoms with Crippen molar-refractivity contribution in [1.29, 1.82) is 0 Å². The SMILES string of the molecule is Cc1ccccc1CN(C)C1(CN)CCCCCC1. The summed E-state index contributed by atoms with van der Waals surface area (Å²) in [6.45, 7) is 4.00. The van der Waals surface area contributed by atoms with E-state index in [4.69, 9.17) is 5.73 Å². The molecule has 1 aromatic carbocycles. The van der Waals surface area contributed by atoms with Crippen LogP contribution in [-0.2, 0) is 6.54 Å². The monoisotopic (exact) mass is 260 g/mol. The van der Waals surface area contributed by atoms with Crippen LogP contribution in [0.2, 0.25) is 0 Å². The summed E-state index contributed by atoms with van der Waals surface area (Å²) in [6.07, 6.45) is 7.92. The van der Waals surface area contributed by atoms with E-state index >= 15 is 0 Å². The van der Waals surface area contributed by atoms with Gasteiger partial charge in [-0.2, -0.15) is 0 Å². The Labute approximate surface area is 118 Å². The highest BCUT2D eigenvalue weighted by molar-refractivity contribution is 5.25. The molecule has 106 valence electrons. The Morgan fingerprint density at radius 1 is 1.11 bits per heavy atom. The maximum Gasteiger partial charge on any atom is 0.0332 e. The van der Waals surface area contributed by atoms with E-state index in [0.717, 1.165) is 13.1 Å². The van der Waals surface area contributed by atoms with Gasteiger partial charge in [0, 0.05) is 18.6 Å². The van der Waals surface area contributed by atoms with E-state index in [9.17, 15) is 0 Å². The molecule has 0 aromatic heterocycles. The molecular formula is C17H28N2. The molecule has 0 aliphatic heterocycles.